The Hall–Kier alpha value is -1.39. The van der Waals surface area contributed by atoms with Crippen LogP contribution in [-0.2, 0) is 17.9 Å². The Morgan fingerprint density at radius 3 is 2.50 bits per heavy atom. The number of amides is 1. The first-order chi connectivity index (χ1) is 8.54. The Morgan fingerprint density at radius 1 is 1.28 bits per heavy atom. The van der Waals surface area contributed by atoms with E-state index >= 15 is 0 Å². The maximum absolute atomic E-state index is 11.8. The molecule has 0 atom stereocenters. The van der Waals surface area contributed by atoms with Crippen molar-refractivity contribution in [1.82, 2.24) is 10.2 Å². The minimum absolute atomic E-state index is 0.104. The van der Waals surface area contributed by atoms with Crippen LogP contribution in [0.5, 0.6) is 0 Å². The molecule has 2 rings (SSSR count). The van der Waals surface area contributed by atoms with E-state index in [2.05, 4.69) is 22.3 Å². The fraction of sp³-hybridized carbons (Fsp3) is 0.500. The summed E-state index contributed by atoms with van der Waals surface area (Å²) in [7, 11) is 0. The Bertz CT molecular complexity index is 425. The van der Waals surface area contributed by atoms with Crippen LogP contribution >= 0.6 is 0 Å². The minimum Gasteiger partial charge on any atom is -0.353 e. The molecule has 1 aliphatic heterocycles. The summed E-state index contributed by atoms with van der Waals surface area (Å²) < 4.78 is 0. The molecule has 1 aromatic rings. The molecule has 4 heteroatoms. The van der Waals surface area contributed by atoms with Gasteiger partial charge in [-0.3, -0.25) is 9.69 Å². The molecule has 0 saturated carbocycles. The standard InChI is InChI=1S/C14H21N3O/c1-14(2)13(18)16-7-8-17(14)10-12-5-3-11(9-15)4-6-12/h3-6H,7-10,15H2,1-2H3,(H,16,18). The fourth-order valence-corrected chi connectivity index (χ4v) is 2.22. The third-order valence-electron chi connectivity index (χ3n) is 3.65. The van der Waals surface area contributed by atoms with Crippen molar-refractivity contribution in [2.75, 3.05) is 13.1 Å². The average Bonchev–Trinajstić information content (AvgIpc) is 2.36. The van der Waals surface area contributed by atoms with Crippen molar-refractivity contribution in [1.29, 1.82) is 0 Å². The number of hydrogen-bond donors (Lipinski definition) is 2. The summed E-state index contributed by atoms with van der Waals surface area (Å²) in [5, 5.41) is 2.91. The van der Waals surface area contributed by atoms with E-state index in [-0.39, 0.29) is 5.91 Å². The molecule has 0 radical (unpaired) electrons. The van der Waals surface area contributed by atoms with Crippen molar-refractivity contribution in [2.24, 2.45) is 5.73 Å². The molecule has 0 aliphatic carbocycles. The Balaban J connectivity index is 2.09. The Kier molecular flexibility index (Phi) is 3.68. The van der Waals surface area contributed by atoms with Gasteiger partial charge >= 0.3 is 0 Å². The van der Waals surface area contributed by atoms with Gasteiger partial charge < -0.3 is 11.1 Å². The van der Waals surface area contributed by atoms with Crippen LogP contribution in [0.1, 0.15) is 25.0 Å². The third-order valence-corrected chi connectivity index (χ3v) is 3.65. The number of carbonyl (C=O) groups is 1. The molecule has 0 unspecified atom stereocenters. The summed E-state index contributed by atoms with van der Waals surface area (Å²) in [5.74, 6) is 0.104. The lowest BCUT2D eigenvalue weighted by Gasteiger charge is -2.41. The van der Waals surface area contributed by atoms with Gasteiger partial charge in [0.25, 0.3) is 0 Å². The summed E-state index contributed by atoms with van der Waals surface area (Å²) >= 11 is 0. The van der Waals surface area contributed by atoms with Gasteiger partial charge in [-0.15, -0.1) is 0 Å². The molecule has 0 spiro atoms. The zero-order valence-electron chi connectivity index (χ0n) is 11.1. The molecular formula is C14H21N3O. The largest absolute Gasteiger partial charge is 0.353 e. The van der Waals surface area contributed by atoms with E-state index in [4.69, 9.17) is 5.73 Å². The van der Waals surface area contributed by atoms with Crippen LogP contribution in [0.4, 0.5) is 0 Å². The second kappa shape index (κ2) is 5.08. The van der Waals surface area contributed by atoms with E-state index in [1.165, 1.54) is 5.56 Å². The smallest absolute Gasteiger partial charge is 0.240 e. The molecule has 1 fully saturated rings. The van der Waals surface area contributed by atoms with Crippen molar-refractivity contribution >= 4 is 5.91 Å². The van der Waals surface area contributed by atoms with Gasteiger partial charge in [0.05, 0.1) is 5.54 Å². The number of nitrogens with one attached hydrogen (secondary N) is 1. The highest BCUT2D eigenvalue weighted by Crippen LogP contribution is 2.20. The number of piperazine rings is 1. The maximum atomic E-state index is 11.8. The predicted molar refractivity (Wildman–Crippen MR) is 71.8 cm³/mol. The van der Waals surface area contributed by atoms with Crippen LogP contribution in [0.15, 0.2) is 24.3 Å². The van der Waals surface area contributed by atoms with Crippen molar-refractivity contribution in [3.05, 3.63) is 35.4 Å². The Labute approximate surface area is 108 Å². The number of nitrogens with zero attached hydrogens (tertiary/aromatic N) is 1. The van der Waals surface area contributed by atoms with Crippen molar-refractivity contribution < 1.29 is 4.79 Å². The first kappa shape index (κ1) is 13.1. The molecule has 1 heterocycles. The number of rotatable bonds is 3. The van der Waals surface area contributed by atoms with Gasteiger partial charge in [0, 0.05) is 26.2 Å². The van der Waals surface area contributed by atoms with E-state index in [0.29, 0.717) is 6.54 Å². The molecule has 18 heavy (non-hydrogen) atoms. The molecule has 3 N–H and O–H groups in total. The van der Waals surface area contributed by atoms with Gasteiger partial charge in [-0.25, -0.2) is 0 Å². The van der Waals surface area contributed by atoms with Gasteiger partial charge in [0.15, 0.2) is 0 Å². The van der Waals surface area contributed by atoms with Gasteiger partial charge in [0.1, 0.15) is 0 Å². The average molecular weight is 247 g/mol. The van der Waals surface area contributed by atoms with Crippen LogP contribution in [0, 0.1) is 0 Å². The van der Waals surface area contributed by atoms with Gasteiger partial charge in [0.2, 0.25) is 5.91 Å². The lowest BCUT2D eigenvalue weighted by Crippen LogP contribution is -2.61. The van der Waals surface area contributed by atoms with Gasteiger partial charge in [-0.2, -0.15) is 0 Å². The van der Waals surface area contributed by atoms with Crippen LogP contribution in [-0.4, -0.2) is 29.4 Å². The lowest BCUT2D eigenvalue weighted by atomic mass is 9.98. The zero-order valence-corrected chi connectivity index (χ0v) is 11.1. The summed E-state index contributed by atoms with van der Waals surface area (Å²) in [5.41, 5.74) is 7.49. The van der Waals surface area contributed by atoms with Crippen molar-refractivity contribution in [3.8, 4) is 0 Å². The molecule has 4 nitrogen and oxygen atoms in total. The van der Waals surface area contributed by atoms with E-state index in [9.17, 15) is 4.79 Å². The first-order valence-corrected chi connectivity index (χ1v) is 6.35. The molecule has 1 aromatic carbocycles. The molecular weight excluding hydrogens is 226 g/mol. The highest BCUT2D eigenvalue weighted by Gasteiger charge is 2.37. The van der Waals surface area contributed by atoms with Crippen molar-refractivity contribution in [3.63, 3.8) is 0 Å². The summed E-state index contributed by atoms with van der Waals surface area (Å²) in [6.45, 7) is 6.91. The number of carbonyl (C=O) groups excluding carboxylic acids is 1. The summed E-state index contributed by atoms with van der Waals surface area (Å²) in [6.07, 6.45) is 0. The second-order valence-corrected chi connectivity index (χ2v) is 5.26. The van der Waals surface area contributed by atoms with Crippen LogP contribution in [0.2, 0.25) is 0 Å². The Morgan fingerprint density at radius 2 is 1.89 bits per heavy atom. The van der Waals surface area contributed by atoms with Gasteiger partial charge in [-0.1, -0.05) is 24.3 Å². The van der Waals surface area contributed by atoms with Gasteiger partial charge in [-0.05, 0) is 25.0 Å². The quantitative estimate of drug-likeness (QED) is 0.832. The van der Waals surface area contributed by atoms with Crippen LogP contribution in [0.25, 0.3) is 0 Å². The van der Waals surface area contributed by atoms with E-state index in [1.54, 1.807) is 0 Å². The SMILES string of the molecule is CC1(C)C(=O)NCCN1Cc1ccc(CN)cc1. The van der Waals surface area contributed by atoms with Crippen LogP contribution < -0.4 is 11.1 Å². The first-order valence-electron chi connectivity index (χ1n) is 6.35. The van der Waals surface area contributed by atoms with Crippen molar-refractivity contribution in [2.45, 2.75) is 32.5 Å². The third kappa shape index (κ3) is 2.54. The molecule has 0 bridgehead atoms. The molecule has 98 valence electrons. The molecule has 1 aliphatic rings. The zero-order chi connectivity index (χ0) is 13.2. The molecule has 1 saturated heterocycles. The fourth-order valence-electron chi connectivity index (χ4n) is 2.22. The van der Waals surface area contributed by atoms with Crippen LogP contribution in [0.3, 0.4) is 0 Å². The summed E-state index contributed by atoms with van der Waals surface area (Å²) in [4.78, 5) is 14.1. The highest BCUT2D eigenvalue weighted by atomic mass is 16.2. The maximum Gasteiger partial charge on any atom is 0.240 e. The molecule has 0 aromatic heterocycles. The summed E-state index contributed by atoms with van der Waals surface area (Å²) in [6, 6.07) is 8.27. The van der Waals surface area contributed by atoms with E-state index in [1.807, 2.05) is 26.0 Å². The minimum atomic E-state index is -0.440. The monoisotopic (exact) mass is 247 g/mol. The highest BCUT2D eigenvalue weighted by molar-refractivity contribution is 5.86. The molecule has 1 amide bonds. The lowest BCUT2D eigenvalue weighted by molar-refractivity contribution is -0.135. The number of benzene rings is 1. The number of nitrogens with two attached hydrogens (primary N) is 1. The predicted octanol–water partition coefficient (Wildman–Crippen LogP) is 0.856. The topological polar surface area (TPSA) is 58.4 Å². The second-order valence-electron chi connectivity index (χ2n) is 5.26. The number of hydrogen-bond acceptors (Lipinski definition) is 3. The van der Waals surface area contributed by atoms with E-state index in [0.717, 1.165) is 25.2 Å². The van der Waals surface area contributed by atoms with E-state index < -0.39 is 5.54 Å². The normalized spacial score (nSPS) is 19.6.